The van der Waals surface area contributed by atoms with Crippen LogP contribution in [0.3, 0.4) is 0 Å². The van der Waals surface area contributed by atoms with Crippen LogP contribution in [0.2, 0.25) is 0 Å². The summed E-state index contributed by atoms with van der Waals surface area (Å²) in [6, 6.07) is 8.50. The fourth-order valence-corrected chi connectivity index (χ4v) is 3.96. The van der Waals surface area contributed by atoms with E-state index in [0.717, 1.165) is 28.5 Å². The number of fused-ring (bicyclic) bond motifs is 1. The number of anilines is 4. The van der Waals surface area contributed by atoms with Crippen LogP contribution in [-0.2, 0) is 19.0 Å². The van der Waals surface area contributed by atoms with Crippen LogP contribution >= 0.6 is 0 Å². The van der Waals surface area contributed by atoms with Crippen molar-refractivity contribution in [3.63, 3.8) is 0 Å². The minimum atomic E-state index is -4.38. The minimum absolute atomic E-state index is 0.0863. The van der Waals surface area contributed by atoms with Gasteiger partial charge in [-0.1, -0.05) is 13.8 Å². The van der Waals surface area contributed by atoms with E-state index in [-0.39, 0.29) is 5.92 Å². The number of benzene rings is 1. The van der Waals surface area contributed by atoms with Crippen LogP contribution in [0.15, 0.2) is 42.6 Å². The molecule has 34 heavy (non-hydrogen) atoms. The smallest absolute Gasteiger partial charge is 0.354 e. The van der Waals surface area contributed by atoms with Crippen molar-refractivity contribution in [3.8, 4) is 0 Å². The molecule has 0 fully saturated rings. The van der Waals surface area contributed by atoms with Crippen molar-refractivity contribution in [2.45, 2.75) is 38.8 Å². The topological polar surface area (TPSA) is 77.4 Å². The molecule has 0 amide bonds. The molecule has 1 aliphatic rings. The molecule has 10 heteroatoms. The summed E-state index contributed by atoms with van der Waals surface area (Å²) in [5, 5.41) is 14.3. The maximum atomic E-state index is 12.9. The largest absolute Gasteiger partial charge is 0.416 e. The maximum absolute atomic E-state index is 12.9. The summed E-state index contributed by atoms with van der Waals surface area (Å²) in [5.41, 5.74) is 2.27. The highest BCUT2D eigenvalue weighted by atomic mass is 19.4. The Balaban J connectivity index is 1.65. The fraction of sp³-hybridized carbons (Fsp3) is 0.375. The SMILES string of the molecule is CC(C)c1nc2c(c(Nc3ccc(C(F)(F)F)cc3)n1)CCN(c1ncccc1N(C)O)CC2. The van der Waals surface area contributed by atoms with Crippen LogP contribution in [-0.4, -0.2) is 40.3 Å². The number of nitrogens with one attached hydrogen (secondary N) is 1. The van der Waals surface area contributed by atoms with Gasteiger partial charge in [-0.2, -0.15) is 13.2 Å². The van der Waals surface area contributed by atoms with Crippen molar-refractivity contribution in [1.29, 1.82) is 0 Å². The molecule has 2 N–H and O–H groups in total. The second-order valence-corrected chi connectivity index (χ2v) is 8.57. The molecule has 180 valence electrons. The lowest BCUT2D eigenvalue weighted by atomic mass is 10.1. The molecule has 0 aliphatic carbocycles. The molecule has 4 rings (SSSR count). The van der Waals surface area contributed by atoms with E-state index in [1.807, 2.05) is 13.8 Å². The van der Waals surface area contributed by atoms with E-state index in [4.69, 9.17) is 9.97 Å². The lowest BCUT2D eigenvalue weighted by Gasteiger charge is -2.25. The first kappa shape index (κ1) is 23.7. The second kappa shape index (κ2) is 9.46. The standard InChI is InChI=1S/C24H27F3N6O/c1-15(2)21-30-19-11-14-33(23-20(32(3)34)5-4-12-28-23)13-10-18(19)22(31-21)29-17-8-6-16(7-9-17)24(25,26)27/h4-9,12,15,34H,10-11,13-14H2,1-3H3,(H,29,30,31). The fourth-order valence-electron chi connectivity index (χ4n) is 3.96. The summed E-state index contributed by atoms with van der Waals surface area (Å²) >= 11 is 0. The van der Waals surface area contributed by atoms with E-state index >= 15 is 0 Å². The van der Waals surface area contributed by atoms with Crippen LogP contribution in [0, 0.1) is 0 Å². The Labute approximate surface area is 196 Å². The molecule has 0 saturated heterocycles. The van der Waals surface area contributed by atoms with E-state index in [9.17, 15) is 18.4 Å². The van der Waals surface area contributed by atoms with Gasteiger partial charge < -0.3 is 10.2 Å². The third-order valence-electron chi connectivity index (χ3n) is 5.77. The third kappa shape index (κ3) is 5.06. The highest BCUT2D eigenvalue weighted by Crippen LogP contribution is 2.33. The summed E-state index contributed by atoms with van der Waals surface area (Å²) < 4.78 is 38.8. The number of rotatable bonds is 5. The van der Waals surface area contributed by atoms with Gasteiger partial charge in [0.2, 0.25) is 0 Å². The van der Waals surface area contributed by atoms with Gasteiger partial charge in [0.25, 0.3) is 0 Å². The van der Waals surface area contributed by atoms with E-state index in [0.29, 0.717) is 54.8 Å². The van der Waals surface area contributed by atoms with Gasteiger partial charge in [-0.05, 0) is 42.8 Å². The van der Waals surface area contributed by atoms with Crippen molar-refractivity contribution in [2.75, 3.05) is 35.4 Å². The van der Waals surface area contributed by atoms with Crippen molar-refractivity contribution >= 4 is 23.0 Å². The lowest BCUT2D eigenvalue weighted by molar-refractivity contribution is -0.137. The molecule has 3 heterocycles. The minimum Gasteiger partial charge on any atom is -0.354 e. The number of alkyl halides is 3. The van der Waals surface area contributed by atoms with E-state index in [1.54, 1.807) is 25.4 Å². The first-order chi connectivity index (χ1) is 16.1. The van der Waals surface area contributed by atoms with Gasteiger partial charge in [0.15, 0.2) is 5.82 Å². The summed E-state index contributed by atoms with van der Waals surface area (Å²) in [6.07, 6.45) is -1.44. The van der Waals surface area contributed by atoms with Gasteiger partial charge in [-0.3, -0.25) is 10.3 Å². The van der Waals surface area contributed by atoms with Crippen molar-refractivity contribution in [1.82, 2.24) is 15.0 Å². The normalized spacial score (nSPS) is 14.1. The zero-order chi connectivity index (χ0) is 24.5. The van der Waals surface area contributed by atoms with Gasteiger partial charge in [0, 0.05) is 49.9 Å². The number of hydrogen-bond acceptors (Lipinski definition) is 7. The van der Waals surface area contributed by atoms with Gasteiger partial charge in [-0.25, -0.2) is 15.0 Å². The number of hydrogen-bond donors (Lipinski definition) is 2. The molecule has 3 aromatic rings. The quantitative estimate of drug-likeness (QED) is 0.495. The molecule has 2 aromatic heterocycles. The number of aromatic nitrogens is 3. The summed E-state index contributed by atoms with van der Waals surface area (Å²) in [5.74, 6) is 2.05. The summed E-state index contributed by atoms with van der Waals surface area (Å²) in [6.45, 7) is 5.28. The summed E-state index contributed by atoms with van der Waals surface area (Å²) in [7, 11) is 1.56. The molecule has 0 atom stereocenters. The highest BCUT2D eigenvalue weighted by molar-refractivity contribution is 5.66. The van der Waals surface area contributed by atoms with Gasteiger partial charge in [0.1, 0.15) is 17.3 Å². The van der Waals surface area contributed by atoms with E-state index < -0.39 is 11.7 Å². The Kier molecular flexibility index (Phi) is 6.60. The molecule has 1 aromatic carbocycles. The predicted octanol–water partition coefficient (Wildman–Crippen LogP) is 5.19. The molecular formula is C24H27F3N6O. The maximum Gasteiger partial charge on any atom is 0.416 e. The molecule has 0 spiro atoms. The van der Waals surface area contributed by atoms with Crippen LogP contribution in [0.4, 0.5) is 36.2 Å². The van der Waals surface area contributed by atoms with Crippen LogP contribution in [0.5, 0.6) is 0 Å². The van der Waals surface area contributed by atoms with E-state index in [2.05, 4.69) is 15.2 Å². The average molecular weight is 473 g/mol. The Morgan fingerprint density at radius 1 is 1.06 bits per heavy atom. The summed E-state index contributed by atoms with van der Waals surface area (Å²) in [4.78, 5) is 16.1. The van der Waals surface area contributed by atoms with Crippen LogP contribution in [0.25, 0.3) is 0 Å². The number of pyridine rings is 1. The van der Waals surface area contributed by atoms with Crippen molar-refractivity contribution in [2.24, 2.45) is 0 Å². The number of nitrogens with zero attached hydrogens (tertiary/aromatic N) is 5. The van der Waals surface area contributed by atoms with Crippen LogP contribution in [0.1, 0.15) is 42.4 Å². The van der Waals surface area contributed by atoms with Gasteiger partial charge in [0.05, 0.1) is 11.3 Å². The Morgan fingerprint density at radius 2 is 1.76 bits per heavy atom. The Morgan fingerprint density at radius 3 is 2.41 bits per heavy atom. The average Bonchev–Trinajstić information content (AvgIpc) is 3.01. The Bertz CT molecular complexity index is 1150. The van der Waals surface area contributed by atoms with Crippen molar-refractivity contribution < 1.29 is 18.4 Å². The number of hydroxylamine groups is 1. The van der Waals surface area contributed by atoms with Crippen LogP contribution < -0.4 is 15.3 Å². The monoisotopic (exact) mass is 472 g/mol. The van der Waals surface area contributed by atoms with E-state index in [1.165, 1.54) is 12.1 Å². The highest BCUT2D eigenvalue weighted by Gasteiger charge is 2.30. The van der Waals surface area contributed by atoms with Gasteiger partial charge >= 0.3 is 6.18 Å². The van der Waals surface area contributed by atoms with Crippen molar-refractivity contribution in [3.05, 3.63) is 65.2 Å². The molecule has 1 aliphatic heterocycles. The number of halogens is 3. The third-order valence-corrected chi connectivity index (χ3v) is 5.77. The first-order valence-electron chi connectivity index (χ1n) is 11.1. The van der Waals surface area contributed by atoms with Gasteiger partial charge in [-0.15, -0.1) is 0 Å². The zero-order valence-corrected chi connectivity index (χ0v) is 19.3. The molecule has 0 saturated carbocycles. The molecule has 7 nitrogen and oxygen atoms in total. The lowest BCUT2D eigenvalue weighted by Crippen LogP contribution is -2.29. The molecule has 0 bridgehead atoms. The Hall–Kier alpha value is -3.40. The first-order valence-corrected chi connectivity index (χ1v) is 11.1. The zero-order valence-electron chi connectivity index (χ0n) is 19.3. The molecule has 0 unspecified atom stereocenters. The molecule has 0 radical (unpaired) electrons. The molecular weight excluding hydrogens is 445 g/mol. The predicted molar refractivity (Wildman–Crippen MR) is 125 cm³/mol. The second-order valence-electron chi connectivity index (χ2n) is 8.57.